The molecule has 0 atom stereocenters. The zero-order valence-corrected chi connectivity index (χ0v) is 14.3. The van der Waals surface area contributed by atoms with Gasteiger partial charge in [-0.15, -0.1) is 0 Å². The largest absolute Gasteiger partial charge is 0.497 e. The molecule has 4 rings (SSSR count). The minimum Gasteiger partial charge on any atom is -0.497 e. The van der Waals surface area contributed by atoms with Crippen LogP contribution in [-0.4, -0.2) is 36.2 Å². The van der Waals surface area contributed by atoms with Crippen molar-refractivity contribution in [1.82, 2.24) is 9.47 Å². The maximum absolute atomic E-state index is 5.46. The molecule has 1 fully saturated rings. The predicted molar refractivity (Wildman–Crippen MR) is 95.4 cm³/mol. The van der Waals surface area contributed by atoms with Crippen LogP contribution in [-0.2, 0) is 19.4 Å². The lowest BCUT2D eigenvalue weighted by atomic mass is 9.95. The fraction of sp³-hybridized carbons (Fsp3) is 0.600. The Kier molecular flexibility index (Phi) is 4.30. The van der Waals surface area contributed by atoms with Crippen molar-refractivity contribution in [3.05, 3.63) is 29.5 Å². The van der Waals surface area contributed by atoms with E-state index in [-0.39, 0.29) is 0 Å². The second-order valence-electron chi connectivity index (χ2n) is 7.07. The first-order valence-corrected chi connectivity index (χ1v) is 9.27. The van der Waals surface area contributed by atoms with Crippen LogP contribution in [0.15, 0.2) is 18.2 Å². The Balaban J connectivity index is 1.67. The van der Waals surface area contributed by atoms with Crippen molar-refractivity contribution >= 4 is 10.9 Å². The van der Waals surface area contributed by atoms with E-state index in [9.17, 15) is 0 Å². The first-order valence-electron chi connectivity index (χ1n) is 9.27. The Hall–Kier alpha value is -1.48. The predicted octanol–water partition coefficient (Wildman–Crippen LogP) is 4.01. The van der Waals surface area contributed by atoms with Crippen molar-refractivity contribution in [1.29, 1.82) is 0 Å². The van der Waals surface area contributed by atoms with Gasteiger partial charge >= 0.3 is 0 Å². The van der Waals surface area contributed by atoms with Gasteiger partial charge in [0, 0.05) is 29.7 Å². The van der Waals surface area contributed by atoms with Crippen molar-refractivity contribution in [3.63, 3.8) is 0 Å². The normalized spacial score (nSPS) is 19.0. The second kappa shape index (κ2) is 6.56. The average molecular weight is 312 g/mol. The summed E-state index contributed by atoms with van der Waals surface area (Å²) in [4.78, 5) is 2.65. The molecule has 1 aromatic heterocycles. The van der Waals surface area contributed by atoms with Gasteiger partial charge in [-0.3, -0.25) is 0 Å². The lowest BCUT2D eigenvalue weighted by molar-refractivity contribution is 0.221. The maximum Gasteiger partial charge on any atom is 0.119 e. The van der Waals surface area contributed by atoms with Crippen LogP contribution in [0.1, 0.15) is 43.4 Å². The molecule has 0 saturated carbocycles. The summed E-state index contributed by atoms with van der Waals surface area (Å²) in [6.07, 6.45) is 9.31. The molecule has 2 aliphatic rings. The third-order valence-corrected chi connectivity index (χ3v) is 5.67. The quantitative estimate of drug-likeness (QED) is 0.848. The van der Waals surface area contributed by atoms with Crippen LogP contribution in [0.5, 0.6) is 5.75 Å². The van der Waals surface area contributed by atoms with Gasteiger partial charge < -0.3 is 14.2 Å². The van der Waals surface area contributed by atoms with Crippen LogP contribution in [0.2, 0.25) is 0 Å². The molecule has 3 nitrogen and oxygen atoms in total. The van der Waals surface area contributed by atoms with E-state index in [1.54, 1.807) is 18.4 Å². The summed E-state index contributed by atoms with van der Waals surface area (Å²) >= 11 is 0. The third-order valence-electron chi connectivity index (χ3n) is 5.67. The minimum absolute atomic E-state index is 0.985. The molecule has 2 heterocycles. The fourth-order valence-corrected chi connectivity index (χ4v) is 4.42. The molecule has 1 aromatic carbocycles. The first-order chi connectivity index (χ1) is 11.4. The van der Waals surface area contributed by atoms with Crippen molar-refractivity contribution < 1.29 is 4.74 Å². The molecule has 0 spiro atoms. The molecule has 2 aromatic rings. The lowest BCUT2D eigenvalue weighted by Crippen LogP contribution is -2.32. The van der Waals surface area contributed by atoms with Crippen LogP contribution in [0.25, 0.3) is 10.9 Å². The number of likely N-dealkylation sites (tertiary alicyclic amines) is 1. The van der Waals surface area contributed by atoms with E-state index in [1.165, 1.54) is 75.5 Å². The summed E-state index contributed by atoms with van der Waals surface area (Å²) in [5, 5.41) is 1.43. The summed E-state index contributed by atoms with van der Waals surface area (Å²) in [7, 11) is 1.76. The van der Waals surface area contributed by atoms with Crippen LogP contribution in [0.4, 0.5) is 0 Å². The molecular weight excluding hydrogens is 284 g/mol. The highest BCUT2D eigenvalue weighted by Gasteiger charge is 2.21. The second-order valence-corrected chi connectivity index (χ2v) is 7.07. The van der Waals surface area contributed by atoms with Gasteiger partial charge in [0.15, 0.2) is 0 Å². The Bertz CT molecular complexity index is 682. The molecule has 23 heavy (non-hydrogen) atoms. The van der Waals surface area contributed by atoms with Gasteiger partial charge in [-0.1, -0.05) is 6.42 Å². The van der Waals surface area contributed by atoms with E-state index in [0.29, 0.717) is 0 Å². The Morgan fingerprint density at radius 2 is 1.78 bits per heavy atom. The van der Waals surface area contributed by atoms with E-state index < -0.39 is 0 Å². The van der Waals surface area contributed by atoms with Crippen LogP contribution < -0.4 is 4.74 Å². The summed E-state index contributed by atoms with van der Waals surface area (Å²) in [5.41, 5.74) is 4.59. The average Bonchev–Trinajstić information content (AvgIpc) is 2.94. The zero-order chi connectivity index (χ0) is 15.6. The van der Waals surface area contributed by atoms with E-state index in [1.807, 2.05) is 0 Å². The number of hydrogen-bond acceptors (Lipinski definition) is 2. The molecule has 0 amide bonds. The van der Waals surface area contributed by atoms with Crippen LogP contribution in [0, 0.1) is 0 Å². The third kappa shape index (κ3) is 2.87. The highest BCUT2D eigenvalue weighted by atomic mass is 16.5. The summed E-state index contributed by atoms with van der Waals surface area (Å²) in [6, 6.07) is 6.63. The topological polar surface area (TPSA) is 17.4 Å². The van der Waals surface area contributed by atoms with Gasteiger partial charge in [-0.25, -0.2) is 0 Å². The molecule has 0 radical (unpaired) electrons. The molecule has 0 N–H and O–H groups in total. The monoisotopic (exact) mass is 312 g/mol. The highest BCUT2D eigenvalue weighted by Crippen LogP contribution is 2.34. The van der Waals surface area contributed by atoms with Gasteiger partial charge in [0.25, 0.3) is 0 Å². The smallest absolute Gasteiger partial charge is 0.119 e. The van der Waals surface area contributed by atoms with Gasteiger partial charge in [0.1, 0.15) is 5.75 Å². The van der Waals surface area contributed by atoms with E-state index >= 15 is 0 Å². The molecule has 1 aliphatic heterocycles. The number of fused-ring (bicyclic) bond motifs is 3. The summed E-state index contributed by atoms with van der Waals surface area (Å²) in [6.45, 7) is 4.91. The SMILES string of the molecule is COc1ccc2c(c1)c1c(n2CCN2CCCCC2)CCCC1. The number of aryl methyl sites for hydroxylation is 1. The van der Waals surface area contributed by atoms with Crippen molar-refractivity contribution in [2.24, 2.45) is 0 Å². The van der Waals surface area contributed by atoms with Crippen molar-refractivity contribution in [2.75, 3.05) is 26.7 Å². The number of ether oxygens (including phenoxy) is 1. The number of methoxy groups -OCH3 is 1. The van der Waals surface area contributed by atoms with Crippen molar-refractivity contribution in [3.8, 4) is 5.75 Å². The first kappa shape index (κ1) is 15.1. The molecule has 0 unspecified atom stereocenters. The molecule has 1 saturated heterocycles. The van der Waals surface area contributed by atoms with E-state index in [2.05, 4.69) is 27.7 Å². The molecular formula is C20H28N2O. The number of aromatic nitrogens is 1. The zero-order valence-electron chi connectivity index (χ0n) is 14.3. The van der Waals surface area contributed by atoms with Crippen LogP contribution >= 0.6 is 0 Å². The molecule has 1 aliphatic carbocycles. The maximum atomic E-state index is 5.46. The van der Waals surface area contributed by atoms with E-state index in [0.717, 1.165) is 12.3 Å². The van der Waals surface area contributed by atoms with Crippen molar-refractivity contribution in [2.45, 2.75) is 51.5 Å². The van der Waals surface area contributed by atoms with Gasteiger partial charge in [0.2, 0.25) is 0 Å². The minimum atomic E-state index is 0.985. The fourth-order valence-electron chi connectivity index (χ4n) is 4.42. The van der Waals surface area contributed by atoms with Gasteiger partial charge in [-0.2, -0.15) is 0 Å². The standard InChI is InChI=1S/C20H28N2O/c1-23-16-9-10-20-18(15-16)17-7-3-4-8-19(17)22(20)14-13-21-11-5-2-6-12-21/h9-10,15H,2-8,11-14H2,1H3. The molecule has 124 valence electrons. The van der Waals surface area contributed by atoms with Gasteiger partial charge in [0.05, 0.1) is 7.11 Å². The number of piperidine rings is 1. The highest BCUT2D eigenvalue weighted by molar-refractivity contribution is 5.87. The lowest BCUT2D eigenvalue weighted by Gasteiger charge is -2.27. The Labute approximate surface area is 139 Å². The number of nitrogens with zero attached hydrogens (tertiary/aromatic N) is 2. The summed E-state index contributed by atoms with van der Waals surface area (Å²) < 4.78 is 8.07. The number of hydrogen-bond donors (Lipinski definition) is 0. The molecule has 3 heteroatoms. The molecule has 0 bridgehead atoms. The Morgan fingerprint density at radius 1 is 0.957 bits per heavy atom. The number of benzene rings is 1. The summed E-state index contributed by atoms with van der Waals surface area (Å²) in [5.74, 6) is 0.985. The van der Waals surface area contributed by atoms with Crippen LogP contribution in [0.3, 0.4) is 0 Å². The van der Waals surface area contributed by atoms with Gasteiger partial charge in [-0.05, 0) is 75.4 Å². The Morgan fingerprint density at radius 3 is 2.61 bits per heavy atom. The van der Waals surface area contributed by atoms with E-state index in [4.69, 9.17) is 4.74 Å². The number of rotatable bonds is 4.